The first-order valence-corrected chi connectivity index (χ1v) is 7.42. The van der Waals surface area contributed by atoms with Crippen molar-refractivity contribution in [2.75, 3.05) is 27.2 Å². The van der Waals surface area contributed by atoms with Gasteiger partial charge in [0, 0.05) is 11.2 Å². The van der Waals surface area contributed by atoms with E-state index in [4.69, 9.17) is 59.7 Å². The highest BCUT2D eigenvalue weighted by atomic mass is 16.5. The molecule has 3 nitrogen and oxygen atoms in total. The Bertz CT molecular complexity index is 831. The second-order valence-corrected chi connectivity index (χ2v) is 6.65. The molecule has 1 aliphatic heterocycles. The fourth-order valence-corrected chi connectivity index (χ4v) is 3.63. The normalized spacial score (nSPS) is 19.8. The van der Waals surface area contributed by atoms with Gasteiger partial charge in [0.2, 0.25) is 0 Å². The minimum atomic E-state index is -1.25. The van der Waals surface area contributed by atoms with Crippen molar-refractivity contribution in [1.82, 2.24) is 9.88 Å². The Labute approximate surface area is 151 Å². The Hall–Kier alpha value is -1.03. The van der Waals surface area contributed by atoms with E-state index in [2.05, 4.69) is 4.98 Å². The smallest absolute Gasteiger partial charge is 0.121 e. The van der Waals surface area contributed by atoms with Gasteiger partial charge >= 0.3 is 0 Å². The van der Waals surface area contributed by atoms with Crippen molar-refractivity contribution in [1.29, 1.82) is 0 Å². The topological polar surface area (TPSA) is 28.3 Å². The van der Waals surface area contributed by atoms with Crippen LogP contribution in [-0.2, 0) is 10.4 Å². The lowest BCUT2D eigenvalue weighted by Gasteiger charge is -2.30. The number of rotatable bonds is 1. The summed E-state index contributed by atoms with van der Waals surface area (Å²) in [5, 5.41) is -1.93. The average Bonchev–Trinajstić information content (AvgIpc) is 2.84. The molecule has 1 aromatic heterocycles. The van der Waals surface area contributed by atoms with Crippen molar-refractivity contribution in [3.63, 3.8) is 0 Å². The fourth-order valence-electron chi connectivity index (χ4n) is 3.63. The molecule has 0 unspecified atom stereocenters. The molecule has 3 rings (SSSR count). The number of nitrogens with zero attached hydrogens (tertiary/aromatic N) is 1. The molecule has 0 saturated carbocycles. The summed E-state index contributed by atoms with van der Waals surface area (Å²) < 4.78 is 5.26. The van der Waals surface area contributed by atoms with E-state index in [0.717, 1.165) is 0 Å². The monoisotopic (exact) mass is 300 g/mol. The van der Waals surface area contributed by atoms with E-state index < -0.39 is 10.4 Å². The molecule has 104 valence electrons. The number of hydrogen-bond donors (Lipinski definition) is 1. The Morgan fingerprint density at radius 1 is 0.958 bits per heavy atom. The third-order valence-corrected chi connectivity index (χ3v) is 4.52. The number of aromatic amines is 1. The second kappa shape index (κ2) is 5.49. The number of methoxy groups -OCH3 is 1. The van der Waals surface area contributed by atoms with Gasteiger partial charge in [-0.1, -0.05) is 16.1 Å². The van der Waals surface area contributed by atoms with Crippen molar-refractivity contribution >= 4 is 82.2 Å². The minimum Gasteiger partial charge on any atom is -0.498 e. The molecule has 1 aliphatic rings. The van der Waals surface area contributed by atoms with Gasteiger partial charge < -0.3 is 14.6 Å². The zero-order chi connectivity index (χ0) is 18.0. The summed E-state index contributed by atoms with van der Waals surface area (Å²) in [6, 6.07) is 0. The highest BCUT2D eigenvalue weighted by molar-refractivity contribution is 6.58. The molecule has 0 bridgehead atoms. The maximum Gasteiger partial charge on any atom is 0.121 e. The molecule has 1 N–H and O–H groups in total. The van der Waals surface area contributed by atoms with E-state index in [1.54, 1.807) is 0 Å². The first kappa shape index (κ1) is 17.8. The van der Waals surface area contributed by atoms with Crippen LogP contribution in [-0.4, -0.2) is 92.1 Å². The SMILES string of the molecule is [B]c1c(OC)c([B])c2[nH]c3c(c2c1[B])C([B])([B])CN(C)CC3([B])[B]. The van der Waals surface area contributed by atoms with Crippen LogP contribution in [0.15, 0.2) is 0 Å². The number of benzene rings is 1. The molecular weight excluding hydrogens is 288 g/mol. The van der Waals surface area contributed by atoms with Gasteiger partial charge in [-0.25, -0.2) is 0 Å². The van der Waals surface area contributed by atoms with E-state index in [0.29, 0.717) is 40.7 Å². The first-order valence-electron chi connectivity index (χ1n) is 7.42. The predicted molar refractivity (Wildman–Crippen MR) is 105 cm³/mol. The fraction of sp³-hybridized carbons (Fsp3) is 0.429. The van der Waals surface area contributed by atoms with Crippen LogP contribution in [0.4, 0.5) is 0 Å². The van der Waals surface area contributed by atoms with Crippen LogP contribution in [0.1, 0.15) is 11.3 Å². The molecule has 10 heteroatoms. The summed E-state index contributed by atoms with van der Waals surface area (Å²) in [4.78, 5) is 5.02. The van der Waals surface area contributed by atoms with Gasteiger partial charge in [0.1, 0.15) is 29.3 Å². The molecule has 24 heavy (non-hydrogen) atoms. The number of hydrogen-bond acceptors (Lipinski definition) is 2. The van der Waals surface area contributed by atoms with Crippen molar-refractivity contribution in [3.05, 3.63) is 11.3 Å². The molecule has 0 saturated heterocycles. The Balaban J connectivity index is 2.50. The zero-order valence-electron chi connectivity index (χ0n) is 13.8. The highest BCUT2D eigenvalue weighted by Gasteiger charge is 2.39. The van der Waals surface area contributed by atoms with Crippen LogP contribution < -0.4 is 21.1 Å². The lowest BCUT2D eigenvalue weighted by molar-refractivity contribution is 0.324. The van der Waals surface area contributed by atoms with Crippen molar-refractivity contribution in [2.24, 2.45) is 0 Å². The van der Waals surface area contributed by atoms with E-state index in [1.807, 2.05) is 11.9 Å². The van der Waals surface area contributed by atoms with Crippen molar-refractivity contribution in [2.45, 2.75) is 10.4 Å². The van der Waals surface area contributed by atoms with Gasteiger partial charge in [-0.2, -0.15) is 0 Å². The lowest BCUT2D eigenvalue weighted by atomic mass is 9.46. The predicted octanol–water partition coefficient (Wildman–Crippen LogP) is -3.52. The standard InChI is InChI=1S/C14H11B7N2O/c1-23-3-13(18,19)6-5-7(15)8(16)11(24-2)9(17)10(5)22-12(6)14(20,21)4-23/h22H,3-4H2,1-2H3. The number of ether oxygens (including phenoxy) is 1. The summed E-state index contributed by atoms with van der Waals surface area (Å²) in [5.74, 6) is 0.285. The lowest BCUT2D eigenvalue weighted by Crippen LogP contribution is -2.42. The second-order valence-electron chi connectivity index (χ2n) is 6.65. The molecule has 2 heterocycles. The summed E-state index contributed by atoms with van der Waals surface area (Å²) in [6.07, 6.45) is 0. The molecule has 0 spiro atoms. The molecule has 1 aromatic carbocycles. The van der Waals surface area contributed by atoms with Gasteiger partial charge in [-0.05, 0) is 41.8 Å². The van der Waals surface area contributed by atoms with Crippen LogP contribution >= 0.6 is 0 Å². The molecule has 0 aliphatic carbocycles. The quantitative estimate of drug-likeness (QED) is 0.553. The van der Waals surface area contributed by atoms with Crippen molar-refractivity contribution in [3.8, 4) is 5.75 Å². The summed E-state index contributed by atoms with van der Waals surface area (Å²) >= 11 is 0. The van der Waals surface area contributed by atoms with E-state index >= 15 is 0 Å². The van der Waals surface area contributed by atoms with E-state index in [9.17, 15) is 0 Å². The first-order chi connectivity index (χ1) is 11.0. The third-order valence-electron chi connectivity index (χ3n) is 4.52. The molecular formula is C14H11B7N2O. The number of nitrogens with one attached hydrogen (secondary N) is 1. The van der Waals surface area contributed by atoms with Crippen molar-refractivity contribution < 1.29 is 4.74 Å². The molecule has 0 amide bonds. The van der Waals surface area contributed by atoms with Crippen LogP contribution in [0.2, 0.25) is 0 Å². The Morgan fingerprint density at radius 3 is 2.12 bits per heavy atom. The van der Waals surface area contributed by atoms with Gasteiger partial charge in [-0.3, -0.25) is 0 Å². The maximum absolute atomic E-state index is 6.39. The van der Waals surface area contributed by atoms with Gasteiger partial charge in [0.05, 0.1) is 38.5 Å². The van der Waals surface area contributed by atoms with Crippen LogP contribution in [0, 0.1) is 0 Å². The average molecular weight is 299 g/mol. The van der Waals surface area contributed by atoms with Gasteiger partial charge in [0.25, 0.3) is 0 Å². The number of H-pyrrole nitrogens is 1. The Kier molecular flexibility index (Phi) is 4.07. The summed E-state index contributed by atoms with van der Waals surface area (Å²) in [7, 11) is 47.2. The molecule has 0 fully saturated rings. The number of likely N-dealkylation sites (N-methyl/N-ethyl adjacent to an activating group) is 1. The molecule has 14 radical (unpaired) electrons. The summed E-state index contributed by atoms with van der Waals surface area (Å²) in [5.41, 5.74) is 2.30. The van der Waals surface area contributed by atoms with Crippen LogP contribution in [0.5, 0.6) is 5.75 Å². The largest absolute Gasteiger partial charge is 0.498 e. The Morgan fingerprint density at radius 2 is 1.54 bits per heavy atom. The molecule has 0 atom stereocenters. The van der Waals surface area contributed by atoms with Gasteiger partial charge in [-0.15, -0.1) is 0 Å². The zero-order valence-corrected chi connectivity index (χ0v) is 13.8. The van der Waals surface area contributed by atoms with Crippen LogP contribution in [0.25, 0.3) is 10.9 Å². The number of fused-ring (bicyclic) bond motifs is 3. The summed E-state index contributed by atoms with van der Waals surface area (Å²) in [6.45, 7) is 0.670. The minimum absolute atomic E-state index is 0.220. The number of aromatic nitrogens is 1. The van der Waals surface area contributed by atoms with Gasteiger partial charge in [0.15, 0.2) is 0 Å². The van der Waals surface area contributed by atoms with Crippen LogP contribution in [0.3, 0.4) is 0 Å². The molecule has 2 aromatic rings. The maximum atomic E-state index is 6.39. The van der Waals surface area contributed by atoms with E-state index in [-0.39, 0.29) is 16.7 Å². The third kappa shape index (κ3) is 2.41. The highest BCUT2D eigenvalue weighted by Crippen LogP contribution is 2.37. The van der Waals surface area contributed by atoms with E-state index in [1.165, 1.54) is 7.11 Å².